The lowest BCUT2D eigenvalue weighted by atomic mass is 10.2. The highest BCUT2D eigenvalue weighted by atomic mass is 32.2. The summed E-state index contributed by atoms with van der Waals surface area (Å²) in [5, 5.41) is 11.9. The van der Waals surface area contributed by atoms with Gasteiger partial charge in [-0.05, 0) is 25.1 Å². The van der Waals surface area contributed by atoms with E-state index in [1.807, 2.05) is 6.92 Å². The third kappa shape index (κ3) is 6.19. The van der Waals surface area contributed by atoms with E-state index in [0.717, 1.165) is 5.69 Å². The molecule has 0 amide bonds. The van der Waals surface area contributed by atoms with E-state index < -0.39 is 16.0 Å². The number of hydrogen-bond acceptors (Lipinski definition) is 5. The molecular weight excluding hydrogens is 294 g/mol. The van der Waals surface area contributed by atoms with Crippen molar-refractivity contribution in [3.63, 3.8) is 0 Å². The maximum Gasteiger partial charge on any atom is 0.337 e. The Bertz CT molecular complexity index is 557. The van der Waals surface area contributed by atoms with Crippen LogP contribution in [0.1, 0.15) is 29.4 Å². The summed E-state index contributed by atoms with van der Waals surface area (Å²) in [5.74, 6) is -0.998. The Labute approximate surface area is 125 Å². The van der Waals surface area contributed by atoms with E-state index in [0.29, 0.717) is 32.6 Å². The van der Waals surface area contributed by atoms with Crippen LogP contribution in [0.5, 0.6) is 0 Å². The number of aromatic carboxylic acids is 1. The second-order valence-electron chi connectivity index (χ2n) is 4.63. The minimum atomic E-state index is -3.13. The van der Waals surface area contributed by atoms with Crippen LogP contribution in [-0.4, -0.2) is 54.7 Å². The molecular formula is C13H21N3O4S. The van der Waals surface area contributed by atoms with Gasteiger partial charge in [0.2, 0.25) is 10.0 Å². The summed E-state index contributed by atoms with van der Waals surface area (Å²) < 4.78 is 24.2. The van der Waals surface area contributed by atoms with E-state index in [-0.39, 0.29) is 5.56 Å². The van der Waals surface area contributed by atoms with Crippen LogP contribution in [0.4, 0.5) is 0 Å². The Morgan fingerprint density at radius 3 is 2.62 bits per heavy atom. The van der Waals surface area contributed by atoms with Crippen molar-refractivity contribution < 1.29 is 18.3 Å². The molecule has 0 fully saturated rings. The van der Waals surface area contributed by atoms with Gasteiger partial charge >= 0.3 is 5.97 Å². The molecule has 0 saturated heterocycles. The highest BCUT2D eigenvalue weighted by molar-refractivity contribution is 7.88. The maximum absolute atomic E-state index is 11.4. The fourth-order valence-electron chi connectivity index (χ4n) is 1.81. The predicted molar refractivity (Wildman–Crippen MR) is 79.6 cm³/mol. The Hall–Kier alpha value is -1.51. The number of sulfonamides is 1. The molecule has 0 aliphatic carbocycles. The first-order chi connectivity index (χ1) is 9.84. The Balaban J connectivity index is 2.29. The lowest BCUT2D eigenvalue weighted by Crippen LogP contribution is -2.32. The molecule has 0 radical (unpaired) electrons. The number of carboxylic acid groups (broad SMARTS) is 1. The maximum atomic E-state index is 11.4. The van der Waals surface area contributed by atoms with Crippen LogP contribution >= 0.6 is 0 Å². The second-order valence-corrected chi connectivity index (χ2v) is 6.61. The summed E-state index contributed by atoms with van der Waals surface area (Å²) in [4.78, 5) is 14.7. The number of hydrogen-bond donors (Lipinski definition) is 2. The van der Waals surface area contributed by atoms with Gasteiger partial charge in [0.25, 0.3) is 0 Å². The zero-order valence-corrected chi connectivity index (χ0v) is 13.1. The van der Waals surface area contributed by atoms with Gasteiger partial charge in [0.15, 0.2) is 0 Å². The fraction of sp³-hybridized carbons (Fsp3) is 0.538. The summed E-state index contributed by atoms with van der Waals surface area (Å²) in [5.41, 5.74) is 0.904. The lowest BCUT2D eigenvalue weighted by molar-refractivity contribution is 0.0696. The summed E-state index contributed by atoms with van der Waals surface area (Å²) in [6.07, 6.45) is 3.23. The van der Waals surface area contributed by atoms with Crippen LogP contribution in [0.2, 0.25) is 0 Å². The van der Waals surface area contributed by atoms with E-state index in [2.05, 4.69) is 10.3 Å². The van der Waals surface area contributed by atoms with Crippen LogP contribution in [0, 0.1) is 0 Å². The lowest BCUT2D eigenvalue weighted by Gasteiger charge is -2.17. The number of carboxylic acids is 1. The normalized spacial score (nSPS) is 11.8. The molecule has 21 heavy (non-hydrogen) atoms. The third-order valence-electron chi connectivity index (χ3n) is 2.96. The van der Waals surface area contributed by atoms with E-state index in [1.54, 1.807) is 6.07 Å². The molecule has 0 aliphatic rings. The molecule has 7 nitrogen and oxygen atoms in total. The molecule has 0 aliphatic heterocycles. The van der Waals surface area contributed by atoms with Crippen molar-refractivity contribution in [1.29, 1.82) is 0 Å². The van der Waals surface area contributed by atoms with E-state index in [4.69, 9.17) is 5.11 Å². The second kappa shape index (κ2) is 8.06. The molecule has 0 atom stereocenters. The number of rotatable bonds is 9. The molecule has 0 saturated carbocycles. The molecule has 1 rings (SSSR count). The highest BCUT2D eigenvalue weighted by Gasteiger charge is 2.12. The highest BCUT2D eigenvalue weighted by Crippen LogP contribution is 2.01. The van der Waals surface area contributed by atoms with Crippen LogP contribution < -0.4 is 5.32 Å². The largest absolute Gasteiger partial charge is 0.478 e. The average Bonchev–Trinajstić information content (AvgIpc) is 2.41. The van der Waals surface area contributed by atoms with Crippen LogP contribution in [0.3, 0.4) is 0 Å². The molecule has 1 heterocycles. The topological polar surface area (TPSA) is 99.6 Å². The van der Waals surface area contributed by atoms with Crippen molar-refractivity contribution in [3.05, 3.63) is 29.6 Å². The number of nitrogens with zero attached hydrogens (tertiary/aromatic N) is 2. The standard InChI is InChI=1S/C13H21N3O4S/c1-3-16(21(2,19)20)8-4-7-14-10-12-6-5-11(9-15-12)13(17)18/h5-6,9,14H,3-4,7-8,10H2,1-2H3,(H,17,18). The van der Waals surface area contributed by atoms with Crippen LogP contribution in [0.15, 0.2) is 18.3 Å². The minimum absolute atomic E-state index is 0.158. The van der Waals surface area contributed by atoms with Crippen LogP contribution in [0.25, 0.3) is 0 Å². The summed E-state index contributed by atoms with van der Waals surface area (Å²) in [6.45, 7) is 3.94. The zero-order chi connectivity index (χ0) is 15.9. The summed E-state index contributed by atoms with van der Waals surface area (Å²) in [6, 6.07) is 3.17. The molecule has 0 unspecified atom stereocenters. The first-order valence-electron chi connectivity index (χ1n) is 6.68. The van der Waals surface area contributed by atoms with Gasteiger partial charge in [-0.3, -0.25) is 4.98 Å². The van der Waals surface area contributed by atoms with Gasteiger partial charge in [0.1, 0.15) is 0 Å². The zero-order valence-electron chi connectivity index (χ0n) is 12.2. The van der Waals surface area contributed by atoms with E-state index >= 15 is 0 Å². The molecule has 0 aromatic carbocycles. The number of pyridine rings is 1. The average molecular weight is 315 g/mol. The van der Waals surface area contributed by atoms with Gasteiger partial charge in [0, 0.05) is 25.8 Å². The summed E-state index contributed by atoms with van der Waals surface area (Å²) >= 11 is 0. The Kier molecular flexibility index (Phi) is 6.73. The number of nitrogens with one attached hydrogen (secondary N) is 1. The van der Waals surface area contributed by atoms with Crippen LogP contribution in [-0.2, 0) is 16.6 Å². The molecule has 1 aromatic heterocycles. The quantitative estimate of drug-likeness (QED) is 0.645. The number of carbonyl (C=O) groups is 1. The van der Waals surface area contributed by atoms with Crippen molar-refractivity contribution in [2.75, 3.05) is 25.9 Å². The SMILES string of the molecule is CCN(CCCNCc1ccc(C(=O)O)cn1)S(C)(=O)=O. The van der Waals surface area contributed by atoms with E-state index in [9.17, 15) is 13.2 Å². The third-order valence-corrected chi connectivity index (χ3v) is 4.34. The van der Waals surface area contributed by atoms with Gasteiger partial charge in [0.05, 0.1) is 17.5 Å². The van der Waals surface area contributed by atoms with Crippen molar-refractivity contribution in [2.24, 2.45) is 0 Å². The molecule has 8 heteroatoms. The van der Waals surface area contributed by atoms with Gasteiger partial charge in [-0.25, -0.2) is 17.5 Å². The fourth-order valence-corrected chi connectivity index (χ4v) is 2.74. The monoisotopic (exact) mass is 315 g/mol. The van der Waals surface area contributed by atoms with E-state index in [1.165, 1.54) is 22.8 Å². The van der Waals surface area contributed by atoms with Gasteiger partial charge in [-0.1, -0.05) is 6.92 Å². The first kappa shape index (κ1) is 17.5. The van der Waals surface area contributed by atoms with Crippen molar-refractivity contribution >= 4 is 16.0 Å². The first-order valence-corrected chi connectivity index (χ1v) is 8.53. The minimum Gasteiger partial charge on any atom is -0.478 e. The molecule has 2 N–H and O–H groups in total. The number of aromatic nitrogens is 1. The molecule has 0 bridgehead atoms. The van der Waals surface area contributed by atoms with Crippen molar-refractivity contribution in [1.82, 2.24) is 14.6 Å². The van der Waals surface area contributed by atoms with Gasteiger partial charge in [-0.2, -0.15) is 0 Å². The summed E-state index contributed by atoms with van der Waals surface area (Å²) in [7, 11) is -3.13. The Morgan fingerprint density at radius 2 is 2.14 bits per heavy atom. The molecule has 0 spiro atoms. The van der Waals surface area contributed by atoms with Crippen molar-refractivity contribution in [2.45, 2.75) is 19.9 Å². The van der Waals surface area contributed by atoms with Crippen molar-refractivity contribution in [3.8, 4) is 0 Å². The molecule has 118 valence electrons. The van der Waals surface area contributed by atoms with Gasteiger partial charge in [-0.15, -0.1) is 0 Å². The smallest absolute Gasteiger partial charge is 0.337 e. The molecule has 1 aromatic rings. The predicted octanol–water partition coefficient (Wildman–Crippen LogP) is 0.541. The Morgan fingerprint density at radius 1 is 1.43 bits per heavy atom. The van der Waals surface area contributed by atoms with Gasteiger partial charge < -0.3 is 10.4 Å².